The molecule has 1 aliphatic heterocycles. The maximum Gasteiger partial charge on any atom is 0.163 e. The van der Waals surface area contributed by atoms with Crippen LogP contribution in [0, 0.1) is 0 Å². The van der Waals surface area contributed by atoms with Crippen molar-refractivity contribution in [2.75, 3.05) is 13.2 Å². The van der Waals surface area contributed by atoms with Gasteiger partial charge in [-0.05, 0) is 26.7 Å². The molecule has 0 aromatic heterocycles. The lowest BCUT2D eigenvalue weighted by Crippen LogP contribution is -2.22. The van der Waals surface area contributed by atoms with E-state index < -0.39 is 11.9 Å². The van der Waals surface area contributed by atoms with Gasteiger partial charge in [0.05, 0.1) is 25.4 Å². The lowest BCUT2D eigenvalue weighted by molar-refractivity contribution is -0.139. The fourth-order valence-electron chi connectivity index (χ4n) is 1.37. The third kappa shape index (κ3) is 3.60. The minimum atomic E-state index is -0.632. The standard InChI is InChI=1S/C9H18O4/c1-9(2)12-6-8(13-9)4-3-7(11)5-10/h7-8,10-11H,3-6H2,1-2H3/t7-,8+/m1/s1. The van der Waals surface area contributed by atoms with E-state index in [-0.39, 0.29) is 12.7 Å². The highest BCUT2D eigenvalue weighted by molar-refractivity contribution is 4.71. The van der Waals surface area contributed by atoms with Crippen LogP contribution >= 0.6 is 0 Å². The van der Waals surface area contributed by atoms with Crippen LogP contribution in [0.3, 0.4) is 0 Å². The third-order valence-corrected chi connectivity index (χ3v) is 2.10. The molecular formula is C9H18O4. The van der Waals surface area contributed by atoms with Gasteiger partial charge in [-0.25, -0.2) is 0 Å². The molecule has 0 aliphatic carbocycles. The SMILES string of the molecule is CC1(C)OC[C@H](CC[C@@H](O)CO)O1. The molecule has 1 aliphatic rings. The summed E-state index contributed by atoms with van der Waals surface area (Å²) in [4.78, 5) is 0. The first-order valence-corrected chi connectivity index (χ1v) is 4.64. The fourth-order valence-corrected chi connectivity index (χ4v) is 1.37. The van der Waals surface area contributed by atoms with E-state index >= 15 is 0 Å². The zero-order valence-corrected chi connectivity index (χ0v) is 8.19. The quantitative estimate of drug-likeness (QED) is 0.668. The van der Waals surface area contributed by atoms with E-state index in [1.54, 1.807) is 0 Å². The number of hydrogen-bond donors (Lipinski definition) is 2. The Bertz CT molecular complexity index is 158. The van der Waals surface area contributed by atoms with Gasteiger partial charge in [0.15, 0.2) is 5.79 Å². The normalized spacial score (nSPS) is 29.1. The van der Waals surface area contributed by atoms with E-state index in [0.717, 1.165) is 6.42 Å². The predicted octanol–water partition coefficient (Wildman–Crippen LogP) is 0.271. The van der Waals surface area contributed by atoms with Crippen molar-refractivity contribution in [2.24, 2.45) is 0 Å². The Kier molecular flexibility index (Phi) is 3.67. The van der Waals surface area contributed by atoms with E-state index in [0.29, 0.717) is 13.0 Å². The molecule has 0 bridgehead atoms. The smallest absolute Gasteiger partial charge is 0.163 e. The Hall–Kier alpha value is -0.160. The van der Waals surface area contributed by atoms with Crippen LogP contribution in [0.15, 0.2) is 0 Å². The van der Waals surface area contributed by atoms with Crippen LogP contribution in [0.25, 0.3) is 0 Å². The summed E-state index contributed by atoms with van der Waals surface area (Å²) in [5, 5.41) is 17.7. The van der Waals surface area contributed by atoms with E-state index in [9.17, 15) is 0 Å². The number of aliphatic hydroxyl groups is 2. The van der Waals surface area contributed by atoms with Gasteiger partial charge in [-0.3, -0.25) is 0 Å². The van der Waals surface area contributed by atoms with Crippen LogP contribution in [0.4, 0.5) is 0 Å². The summed E-state index contributed by atoms with van der Waals surface area (Å²) in [6, 6.07) is 0. The van der Waals surface area contributed by atoms with Gasteiger partial charge >= 0.3 is 0 Å². The van der Waals surface area contributed by atoms with Crippen molar-refractivity contribution in [2.45, 2.75) is 44.7 Å². The van der Waals surface area contributed by atoms with Gasteiger partial charge < -0.3 is 19.7 Å². The molecule has 0 unspecified atom stereocenters. The molecule has 4 heteroatoms. The van der Waals surface area contributed by atoms with E-state index in [1.165, 1.54) is 0 Å². The molecule has 0 amide bonds. The number of ether oxygens (including phenoxy) is 2. The molecule has 0 aromatic carbocycles. The first-order valence-electron chi connectivity index (χ1n) is 4.64. The molecular weight excluding hydrogens is 172 g/mol. The molecule has 1 fully saturated rings. The second-order valence-corrected chi connectivity index (χ2v) is 3.86. The van der Waals surface area contributed by atoms with Gasteiger partial charge in [0.2, 0.25) is 0 Å². The first-order chi connectivity index (χ1) is 6.03. The minimum Gasteiger partial charge on any atom is -0.394 e. The summed E-state index contributed by atoms with van der Waals surface area (Å²) < 4.78 is 10.9. The summed E-state index contributed by atoms with van der Waals surface area (Å²) in [6.07, 6.45) is 0.703. The predicted molar refractivity (Wildman–Crippen MR) is 47.2 cm³/mol. The lowest BCUT2D eigenvalue weighted by atomic mass is 10.1. The average Bonchev–Trinajstić information content (AvgIpc) is 2.41. The number of aliphatic hydroxyl groups excluding tert-OH is 2. The van der Waals surface area contributed by atoms with Crippen molar-refractivity contribution in [1.82, 2.24) is 0 Å². The molecule has 0 radical (unpaired) electrons. The zero-order valence-electron chi connectivity index (χ0n) is 8.19. The summed E-state index contributed by atoms with van der Waals surface area (Å²) in [6.45, 7) is 4.13. The number of rotatable bonds is 4. The van der Waals surface area contributed by atoms with Gasteiger partial charge in [-0.2, -0.15) is 0 Å². The molecule has 13 heavy (non-hydrogen) atoms. The van der Waals surface area contributed by atoms with Crippen LogP contribution in [-0.2, 0) is 9.47 Å². The molecule has 1 rings (SSSR count). The van der Waals surface area contributed by atoms with Crippen molar-refractivity contribution < 1.29 is 19.7 Å². The molecule has 2 atom stereocenters. The summed E-state index contributed by atoms with van der Waals surface area (Å²) in [5.41, 5.74) is 0. The molecule has 4 nitrogen and oxygen atoms in total. The highest BCUT2D eigenvalue weighted by Crippen LogP contribution is 2.24. The Morgan fingerprint density at radius 1 is 1.54 bits per heavy atom. The van der Waals surface area contributed by atoms with Crippen molar-refractivity contribution in [1.29, 1.82) is 0 Å². The Balaban J connectivity index is 2.17. The van der Waals surface area contributed by atoms with Crippen LogP contribution < -0.4 is 0 Å². The Morgan fingerprint density at radius 2 is 2.23 bits per heavy atom. The van der Waals surface area contributed by atoms with Crippen LogP contribution in [0.5, 0.6) is 0 Å². The van der Waals surface area contributed by atoms with Crippen molar-refractivity contribution in [3.05, 3.63) is 0 Å². The van der Waals surface area contributed by atoms with Crippen molar-refractivity contribution in [3.8, 4) is 0 Å². The van der Waals surface area contributed by atoms with Gasteiger partial charge in [-0.15, -0.1) is 0 Å². The second kappa shape index (κ2) is 4.37. The van der Waals surface area contributed by atoms with Crippen molar-refractivity contribution in [3.63, 3.8) is 0 Å². The molecule has 0 spiro atoms. The van der Waals surface area contributed by atoms with Crippen LogP contribution in [0.2, 0.25) is 0 Å². The Labute approximate surface area is 78.5 Å². The van der Waals surface area contributed by atoms with E-state index in [2.05, 4.69) is 0 Å². The molecule has 1 saturated heterocycles. The molecule has 0 saturated carbocycles. The summed E-state index contributed by atoms with van der Waals surface area (Å²) in [7, 11) is 0. The van der Waals surface area contributed by atoms with Gasteiger partial charge in [0.1, 0.15) is 0 Å². The highest BCUT2D eigenvalue weighted by Gasteiger charge is 2.32. The second-order valence-electron chi connectivity index (χ2n) is 3.86. The maximum absolute atomic E-state index is 9.10. The van der Waals surface area contributed by atoms with E-state index in [4.69, 9.17) is 19.7 Å². The molecule has 78 valence electrons. The van der Waals surface area contributed by atoms with E-state index in [1.807, 2.05) is 13.8 Å². The zero-order chi connectivity index (χ0) is 9.90. The Morgan fingerprint density at radius 3 is 2.69 bits per heavy atom. The summed E-state index contributed by atoms with van der Waals surface area (Å²) in [5.74, 6) is -0.491. The summed E-state index contributed by atoms with van der Waals surface area (Å²) >= 11 is 0. The maximum atomic E-state index is 9.10. The molecule has 0 aromatic rings. The van der Waals surface area contributed by atoms with Crippen molar-refractivity contribution >= 4 is 0 Å². The fraction of sp³-hybridized carbons (Fsp3) is 1.00. The van der Waals surface area contributed by atoms with Gasteiger partial charge in [0, 0.05) is 0 Å². The topological polar surface area (TPSA) is 58.9 Å². The minimum absolute atomic E-state index is 0.0520. The van der Waals surface area contributed by atoms with Crippen LogP contribution in [0.1, 0.15) is 26.7 Å². The van der Waals surface area contributed by atoms with Crippen LogP contribution in [-0.4, -0.2) is 41.4 Å². The number of hydrogen-bond acceptors (Lipinski definition) is 4. The molecule has 1 heterocycles. The first kappa shape index (κ1) is 10.9. The third-order valence-electron chi connectivity index (χ3n) is 2.10. The monoisotopic (exact) mass is 190 g/mol. The largest absolute Gasteiger partial charge is 0.394 e. The lowest BCUT2D eigenvalue weighted by Gasteiger charge is -2.17. The van der Waals surface area contributed by atoms with Gasteiger partial charge in [0.25, 0.3) is 0 Å². The molecule has 2 N–H and O–H groups in total. The van der Waals surface area contributed by atoms with Gasteiger partial charge in [-0.1, -0.05) is 0 Å². The average molecular weight is 190 g/mol. The highest BCUT2D eigenvalue weighted by atomic mass is 16.7.